The van der Waals surface area contributed by atoms with Gasteiger partial charge in [-0.25, -0.2) is 0 Å². The van der Waals surface area contributed by atoms with Crippen molar-refractivity contribution < 1.29 is 4.79 Å². The number of nitrogens with zero attached hydrogens (tertiary/aromatic N) is 1. The lowest BCUT2D eigenvalue weighted by molar-refractivity contribution is -0.139. The van der Waals surface area contributed by atoms with Gasteiger partial charge in [0.2, 0.25) is 5.91 Å². The average molecular weight is 278 g/mol. The highest BCUT2D eigenvalue weighted by Gasteiger charge is 2.34. The standard InChI is InChI=1S/C15H22N2OS/c1-10-13-6-8-19-14(13)5-7-17(10)15(18)11-3-2-4-12(16)9-11/h6,8,10-12H,2-5,7,9,16H2,1H3. The molecule has 3 nitrogen and oxygen atoms in total. The van der Waals surface area contributed by atoms with Crippen LogP contribution in [-0.2, 0) is 11.2 Å². The molecule has 0 bridgehead atoms. The van der Waals surface area contributed by atoms with Gasteiger partial charge in [0.15, 0.2) is 0 Å². The molecular weight excluding hydrogens is 256 g/mol. The van der Waals surface area contributed by atoms with Gasteiger partial charge in [-0.05, 0) is 49.6 Å². The number of amides is 1. The number of carbonyl (C=O) groups is 1. The molecule has 104 valence electrons. The van der Waals surface area contributed by atoms with Gasteiger partial charge in [-0.2, -0.15) is 0 Å². The molecule has 2 N–H and O–H groups in total. The monoisotopic (exact) mass is 278 g/mol. The van der Waals surface area contributed by atoms with Crippen molar-refractivity contribution >= 4 is 17.2 Å². The van der Waals surface area contributed by atoms with E-state index >= 15 is 0 Å². The molecule has 3 rings (SSSR count). The summed E-state index contributed by atoms with van der Waals surface area (Å²) in [6, 6.07) is 2.64. The number of thiophene rings is 1. The first-order valence-corrected chi connectivity index (χ1v) is 8.17. The number of hydrogen-bond donors (Lipinski definition) is 1. The summed E-state index contributed by atoms with van der Waals surface area (Å²) in [6.07, 6.45) is 5.09. The van der Waals surface area contributed by atoms with Crippen LogP contribution in [0.2, 0.25) is 0 Å². The fourth-order valence-corrected chi connectivity index (χ4v) is 4.46. The zero-order valence-corrected chi connectivity index (χ0v) is 12.3. The number of carbonyl (C=O) groups excluding carboxylic acids is 1. The quantitative estimate of drug-likeness (QED) is 0.858. The predicted molar refractivity (Wildman–Crippen MR) is 78.1 cm³/mol. The van der Waals surface area contributed by atoms with E-state index in [0.29, 0.717) is 5.91 Å². The highest BCUT2D eigenvalue weighted by Crippen LogP contribution is 2.35. The van der Waals surface area contributed by atoms with Crippen molar-refractivity contribution in [2.45, 2.75) is 51.1 Å². The van der Waals surface area contributed by atoms with Gasteiger partial charge in [0, 0.05) is 23.4 Å². The summed E-state index contributed by atoms with van der Waals surface area (Å²) >= 11 is 1.82. The molecule has 2 aliphatic rings. The second-order valence-electron chi connectivity index (χ2n) is 5.88. The fourth-order valence-electron chi connectivity index (χ4n) is 3.50. The third kappa shape index (κ3) is 2.43. The van der Waals surface area contributed by atoms with Crippen LogP contribution in [0.1, 0.15) is 49.1 Å². The van der Waals surface area contributed by atoms with Crippen LogP contribution in [-0.4, -0.2) is 23.4 Å². The minimum absolute atomic E-state index is 0.159. The zero-order chi connectivity index (χ0) is 13.4. The van der Waals surface area contributed by atoms with E-state index in [1.807, 2.05) is 11.3 Å². The van der Waals surface area contributed by atoms with Crippen LogP contribution >= 0.6 is 11.3 Å². The molecule has 0 saturated heterocycles. The van der Waals surface area contributed by atoms with Gasteiger partial charge in [-0.15, -0.1) is 11.3 Å². The van der Waals surface area contributed by atoms with Crippen molar-refractivity contribution in [3.05, 3.63) is 21.9 Å². The van der Waals surface area contributed by atoms with Crippen LogP contribution in [0.25, 0.3) is 0 Å². The van der Waals surface area contributed by atoms with E-state index in [0.717, 1.165) is 38.6 Å². The molecule has 1 amide bonds. The molecule has 19 heavy (non-hydrogen) atoms. The highest BCUT2D eigenvalue weighted by molar-refractivity contribution is 7.10. The van der Waals surface area contributed by atoms with Crippen LogP contribution in [0.5, 0.6) is 0 Å². The number of nitrogens with two attached hydrogens (primary N) is 1. The highest BCUT2D eigenvalue weighted by atomic mass is 32.1. The van der Waals surface area contributed by atoms with E-state index in [1.54, 1.807) is 0 Å². The van der Waals surface area contributed by atoms with E-state index in [9.17, 15) is 4.79 Å². The third-order valence-electron chi connectivity index (χ3n) is 4.62. The minimum Gasteiger partial charge on any atom is -0.335 e. The molecule has 1 fully saturated rings. The van der Waals surface area contributed by atoms with Crippen molar-refractivity contribution in [3.63, 3.8) is 0 Å². The Balaban J connectivity index is 1.74. The molecule has 2 heterocycles. The molecule has 1 aliphatic heterocycles. The van der Waals surface area contributed by atoms with Crippen LogP contribution in [0.3, 0.4) is 0 Å². The second-order valence-corrected chi connectivity index (χ2v) is 6.88. The van der Waals surface area contributed by atoms with Gasteiger partial charge in [-0.1, -0.05) is 6.42 Å². The lowest BCUT2D eigenvalue weighted by Gasteiger charge is -2.37. The number of hydrogen-bond acceptors (Lipinski definition) is 3. The van der Waals surface area contributed by atoms with Gasteiger partial charge >= 0.3 is 0 Å². The molecule has 1 saturated carbocycles. The smallest absolute Gasteiger partial charge is 0.226 e. The molecule has 1 aromatic heterocycles. The van der Waals surface area contributed by atoms with Crippen molar-refractivity contribution in [1.29, 1.82) is 0 Å². The van der Waals surface area contributed by atoms with Gasteiger partial charge in [0.1, 0.15) is 0 Å². The summed E-state index contributed by atoms with van der Waals surface area (Å²) in [5, 5.41) is 2.14. The van der Waals surface area contributed by atoms with Gasteiger partial charge in [-0.3, -0.25) is 4.79 Å². The Kier molecular flexibility index (Phi) is 3.63. The summed E-state index contributed by atoms with van der Waals surface area (Å²) in [6.45, 7) is 3.03. The Hall–Kier alpha value is -0.870. The van der Waals surface area contributed by atoms with Crippen LogP contribution in [0.4, 0.5) is 0 Å². The summed E-state index contributed by atoms with van der Waals surface area (Å²) < 4.78 is 0. The van der Waals surface area contributed by atoms with Gasteiger partial charge in [0.05, 0.1) is 6.04 Å². The fraction of sp³-hybridized carbons (Fsp3) is 0.667. The minimum atomic E-state index is 0.159. The molecule has 3 unspecified atom stereocenters. The second kappa shape index (κ2) is 5.25. The van der Waals surface area contributed by atoms with Crippen molar-refractivity contribution in [2.75, 3.05) is 6.54 Å². The van der Waals surface area contributed by atoms with Crippen LogP contribution in [0, 0.1) is 5.92 Å². The molecule has 3 atom stereocenters. The van der Waals surface area contributed by atoms with Crippen LogP contribution in [0.15, 0.2) is 11.4 Å². The summed E-state index contributed by atoms with van der Waals surface area (Å²) in [5.41, 5.74) is 7.37. The molecule has 1 aromatic rings. The Morgan fingerprint density at radius 2 is 2.32 bits per heavy atom. The summed E-state index contributed by atoms with van der Waals surface area (Å²) in [4.78, 5) is 16.3. The Bertz CT molecular complexity index is 470. The summed E-state index contributed by atoms with van der Waals surface area (Å²) in [5.74, 6) is 0.492. The molecule has 0 aromatic carbocycles. The van der Waals surface area contributed by atoms with Gasteiger partial charge < -0.3 is 10.6 Å². The SMILES string of the molecule is CC1c2ccsc2CCN1C(=O)C1CCCC(N)C1. The molecule has 0 radical (unpaired) electrons. The van der Waals surface area contributed by atoms with E-state index in [-0.39, 0.29) is 18.0 Å². The zero-order valence-electron chi connectivity index (χ0n) is 11.5. The topological polar surface area (TPSA) is 46.3 Å². The Morgan fingerprint density at radius 1 is 1.47 bits per heavy atom. The first-order chi connectivity index (χ1) is 9.16. The largest absolute Gasteiger partial charge is 0.335 e. The maximum atomic E-state index is 12.7. The maximum absolute atomic E-state index is 12.7. The summed E-state index contributed by atoms with van der Waals surface area (Å²) in [7, 11) is 0. The van der Waals surface area contributed by atoms with E-state index in [1.165, 1.54) is 10.4 Å². The Morgan fingerprint density at radius 3 is 3.11 bits per heavy atom. The van der Waals surface area contributed by atoms with Crippen molar-refractivity contribution in [1.82, 2.24) is 4.90 Å². The van der Waals surface area contributed by atoms with Gasteiger partial charge in [0.25, 0.3) is 0 Å². The molecule has 0 spiro atoms. The normalized spacial score (nSPS) is 31.1. The van der Waals surface area contributed by atoms with E-state index in [4.69, 9.17) is 5.73 Å². The predicted octanol–water partition coefficient (Wildman–Crippen LogP) is 2.71. The number of rotatable bonds is 1. The first-order valence-electron chi connectivity index (χ1n) is 7.29. The van der Waals surface area contributed by atoms with Crippen molar-refractivity contribution in [2.24, 2.45) is 11.7 Å². The molecular formula is C15H22N2OS. The average Bonchev–Trinajstić information content (AvgIpc) is 2.88. The first kappa shape index (κ1) is 13.1. The molecule has 1 aliphatic carbocycles. The van der Waals surface area contributed by atoms with E-state index in [2.05, 4.69) is 23.3 Å². The number of fused-ring (bicyclic) bond motifs is 1. The Labute approximate surface area is 118 Å². The molecule has 4 heteroatoms. The third-order valence-corrected chi connectivity index (χ3v) is 5.62. The lowest BCUT2D eigenvalue weighted by atomic mass is 9.84. The van der Waals surface area contributed by atoms with Crippen LogP contribution < -0.4 is 5.73 Å². The maximum Gasteiger partial charge on any atom is 0.226 e. The lowest BCUT2D eigenvalue weighted by Crippen LogP contribution is -2.44. The van der Waals surface area contributed by atoms with Crippen molar-refractivity contribution in [3.8, 4) is 0 Å². The van der Waals surface area contributed by atoms with E-state index < -0.39 is 0 Å².